The third-order valence-corrected chi connectivity index (χ3v) is 5.99. The molecule has 2 aromatic heterocycles. The van der Waals surface area contributed by atoms with Crippen molar-refractivity contribution in [2.75, 3.05) is 23.9 Å². The number of hydrogen-bond acceptors (Lipinski definition) is 7. The maximum absolute atomic E-state index is 9.70. The molecule has 0 radical (unpaired) electrons. The standard InChI is InChI=1S/C22H23N7O/c1-14-12-30-20-10-24-22(27-21(20)28(14)2)26-17-6-7-19(16(8-17)9-23)29-11-18(25-13-29)15-4-3-5-15/h6-8,10-11,13-15H,3-5,12H2,1-2H3,(H,24,26,27). The monoisotopic (exact) mass is 401 g/mol. The highest BCUT2D eigenvalue weighted by Gasteiger charge is 2.24. The highest BCUT2D eigenvalue weighted by Crippen LogP contribution is 2.36. The van der Waals surface area contributed by atoms with E-state index in [1.165, 1.54) is 19.3 Å². The first-order valence-electron chi connectivity index (χ1n) is 10.2. The Kier molecular flexibility index (Phi) is 4.51. The smallest absolute Gasteiger partial charge is 0.229 e. The van der Waals surface area contributed by atoms with Gasteiger partial charge in [-0.25, -0.2) is 9.97 Å². The molecule has 0 spiro atoms. The van der Waals surface area contributed by atoms with Gasteiger partial charge in [-0.1, -0.05) is 6.42 Å². The summed E-state index contributed by atoms with van der Waals surface area (Å²) in [4.78, 5) is 15.6. The van der Waals surface area contributed by atoms with Crippen LogP contribution in [0.5, 0.6) is 5.75 Å². The molecule has 5 rings (SSSR count). The van der Waals surface area contributed by atoms with Crippen LogP contribution in [0, 0.1) is 11.3 Å². The van der Waals surface area contributed by atoms with Crippen molar-refractivity contribution in [1.82, 2.24) is 19.5 Å². The second-order valence-electron chi connectivity index (χ2n) is 7.95. The Bertz CT molecular complexity index is 1130. The zero-order valence-corrected chi connectivity index (χ0v) is 17.0. The zero-order valence-electron chi connectivity index (χ0n) is 17.0. The molecular formula is C22H23N7O. The van der Waals surface area contributed by atoms with Crippen molar-refractivity contribution in [3.63, 3.8) is 0 Å². The van der Waals surface area contributed by atoms with Gasteiger partial charge in [-0.05, 0) is 38.0 Å². The third kappa shape index (κ3) is 3.22. The molecule has 1 aromatic carbocycles. The number of nitrogens with one attached hydrogen (secondary N) is 1. The van der Waals surface area contributed by atoms with E-state index in [2.05, 4.69) is 38.2 Å². The predicted octanol–water partition coefficient (Wildman–Crippen LogP) is 3.76. The van der Waals surface area contributed by atoms with Crippen LogP contribution in [0.1, 0.15) is 43.4 Å². The molecule has 0 saturated heterocycles. The van der Waals surface area contributed by atoms with Crippen LogP contribution in [0.25, 0.3) is 5.69 Å². The molecule has 3 heterocycles. The maximum Gasteiger partial charge on any atom is 0.229 e. The van der Waals surface area contributed by atoms with Gasteiger partial charge in [-0.2, -0.15) is 10.2 Å². The molecule has 1 unspecified atom stereocenters. The number of benzene rings is 1. The zero-order chi connectivity index (χ0) is 20.7. The number of rotatable bonds is 4. The Balaban J connectivity index is 1.40. The van der Waals surface area contributed by atoms with Crippen LogP contribution >= 0.6 is 0 Å². The molecular weight excluding hydrogens is 378 g/mol. The Labute approximate surface area is 175 Å². The molecule has 8 heteroatoms. The van der Waals surface area contributed by atoms with E-state index < -0.39 is 0 Å². The number of ether oxygens (including phenoxy) is 1. The number of aromatic nitrogens is 4. The number of hydrogen-bond donors (Lipinski definition) is 1. The summed E-state index contributed by atoms with van der Waals surface area (Å²) in [6, 6.07) is 8.18. The third-order valence-electron chi connectivity index (χ3n) is 5.99. The molecule has 1 saturated carbocycles. The summed E-state index contributed by atoms with van der Waals surface area (Å²) < 4.78 is 7.63. The van der Waals surface area contributed by atoms with Crippen molar-refractivity contribution in [2.24, 2.45) is 0 Å². The first-order chi connectivity index (χ1) is 14.6. The average Bonchev–Trinajstić information content (AvgIpc) is 3.19. The molecule has 152 valence electrons. The van der Waals surface area contributed by atoms with Gasteiger partial charge in [0.1, 0.15) is 12.7 Å². The van der Waals surface area contributed by atoms with Crippen LogP contribution in [0.15, 0.2) is 36.9 Å². The lowest BCUT2D eigenvalue weighted by atomic mass is 9.83. The minimum atomic E-state index is 0.240. The first-order valence-corrected chi connectivity index (χ1v) is 10.2. The van der Waals surface area contributed by atoms with Gasteiger partial charge < -0.3 is 19.5 Å². The molecule has 1 atom stereocenters. The van der Waals surface area contributed by atoms with Crippen molar-refractivity contribution in [3.8, 4) is 17.5 Å². The van der Waals surface area contributed by atoms with E-state index in [1.54, 1.807) is 12.5 Å². The quantitative estimate of drug-likeness (QED) is 0.711. The van der Waals surface area contributed by atoms with Crippen LogP contribution in [0.4, 0.5) is 17.5 Å². The van der Waals surface area contributed by atoms with E-state index in [9.17, 15) is 5.26 Å². The molecule has 3 aromatic rings. The van der Waals surface area contributed by atoms with Crippen molar-refractivity contribution in [1.29, 1.82) is 5.26 Å². The molecule has 8 nitrogen and oxygen atoms in total. The number of nitriles is 1. The first kappa shape index (κ1) is 18.4. The fraction of sp³-hybridized carbons (Fsp3) is 0.364. The minimum absolute atomic E-state index is 0.240. The summed E-state index contributed by atoms with van der Waals surface area (Å²) >= 11 is 0. The summed E-state index contributed by atoms with van der Waals surface area (Å²) in [7, 11) is 1.99. The average molecular weight is 401 g/mol. The van der Waals surface area contributed by atoms with Crippen molar-refractivity contribution in [3.05, 3.63) is 48.2 Å². The van der Waals surface area contributed by atoms with Gasteiger partial charge in [0, 0.05) is 24.8 Å². The Morgan fingerprint density at radius 3 is 2.90 bits per heavy atom. The molecule has 0 bridgehead atoms. The van der Waals surface area contributed by atoms with Gasteiger partial charge in [0.05, 0.1) is 35.5 Å². The Morgan fingerprint density at radius 1 is 1.27 bits per heavy atom. The van der Waals surface area contributed by atoms with Gasteiger partial charge in [-0.3, -0.25) is 0 Å². The van der Waals surface area contributed by atoms with Crippen LogP contribution < -0.4 is 15.0 Å². The summed E-state index contributed by atoms with van der Waals surface area (Å²) in [5.74, 6) is 2.45. The number of nitrogens with zero attached hydrogens (tertiary/aromatic N) is 6. The van der Waals surface area contributed by atoms with Crippen molar-refractivity contribution >= 4 is 17.5 Å². The van der Waals surface area contributed by atoms with Gasteiger partial charge in [-0.15, -0.1) is 0 Å². The highest BCUT2D eigenvalue weighted by atomic mass is 16.5. The van der Waals surface area contributed by atoms with Crippen LogP contribution in [0.3, 0.4) is 0 Å². The summed E-state index contributed by atoms with van der Waals surface area (Å²) in [5.41, 5.74) is 3.23. The fourth-order valence-corrected chi connectivity index (χ4v) is 3.75. The van der Waals surface area contributed by atoms with Crippen LogP contribution in [-0.2, 0) is 0 Å². The fourth-order valence-electron chi connectivity index (χ4n) is 3.75. The molecule has 1 fully saturated rings. The Hall–Kier alpha value is -3.60. The lowest BCUT2D eigenvalue weighted by Crippen LogP contribution is -2.38. The van der Waals surface area contributed by atoms with Crippen LogP contribution in [0.2, 0.25) is 0 Å². The summed E-state index contributed by atoms with van der Waals surface area (Å²) in [5, 5.41) is 12.9. The molecule has 0 amide bonds. The molecule has 1 aliphatic heterocycles. The second kappa shape index (κ2) is 7.34. The van der Waals surface area contributed by atoms with Crippen molar-refractivity contribution in [2.45, 2.75) is 38.1 Å². The van der Waals surface area contributed by atoms with Crippen LogP contribution in [-0.4, -0.2) is 39.2 Å². The largest absolute Gasteiger partial charge is 0.486 e. The molecule has 1 N–H and O–H groups in total. The lowest BCUT2D eigenvalue weighted by Gasteiger charge is -2.32. The lowest BCUT2D eigenvalue weighted by molar-refractivity contribution is 0.271. The predicted molar refractivity (Wildman–Crippen MR) is 114 cm³/mol. The van der Waals surface area contributed by atoms with E-state index in [1.807, 2.05) is 36.0 Å². The Morgan fingerprint density at radius 2 is 2.13 bits per heavy atom. The summed E-state index contributed by atoms with van der Waals surface area (Å²) in [6.07, 6.45) is 9.18. The van der Waals surface area contributed by atoms with E-state index in [0.717, 1.165) is 22.9 Å². The van der Waals surface area contributed by atoms with Gasteiger partial charge in [0.25, 0.3) is 0 Å². The number of anilines is 3. The summed E-state index contributed by atoms with van der Waals surface area (Å²) in [6.45, 7) is 2.70. The van der Waals surface area contributed by atoms with E-state index in [0.29, 0.717) is 29.8 Å². The molecule has 1 aliphatic carbocycles. The van der Waals surface area contributed by atoms with Gasteiger partial charge in [0.2, 0.25) is 5.95 Å². The molecule has 2 aliphatic rings. The number of likely N-dealkylation sites (N-methyl/N-ethyl adjacent to an activating group) is 1. The topological polar surface area (TPSA) is 91.9 Å². The minimum Gasteiger partial charge on any atom is -0.486 e. The molecule has 30 heavy (non-hydrogen) atoms. The SMILES string of the molecule is CC1COc2cnc(Nc3ccc(-n4cnc(C5CCC5)c4)c(C#N)c3)nc2N1C. The second-order valence-corrected chi connectivity index (χ2v) is 7.95. The van der Waals surface area contributed by atoms with Gasteiger partial charge >= 0.3 is 0 Å². The van der Waals surface area contributed by atoms with E-state index >= 15 is 0 Å². The van der Waals surface area contributed by atoms with E-state index in [-0.39, 0.29) is 6.04 Å². The van der Waals surface area contributed by atoms with Gasteiger partial charge in [0.15, 0.2) is 11.6 Å². The number of fused-ring (bicyclic) bond motifs is 1. The van der Waals surface area contributed by atoms with E-state index in [4.69, 9.17) is 4.74 Å². The van der Waals surface area contributed by atoms with Crippen molar-refractivity contribution < 1.29 is 4.74 Å². The maximum atomic E-state index is 9.70. The normalized spacial score (nSPS) is 18.2. The number of imidazole rings is 1. The highest BCUT2D eigenvalue weighted by molar-refractivity contribution is 5.64.